The number of aromatic nitrogens is 1. The molecule has 0 atom stereocenters. The smallest absolute Gasteiger partial charge is 0.355 e. The van der Waals surface area contributed by atoms with E-state index in [9.17, 15) is 9.59 Å². The van der Waals surface area contributed by atoms with E-state index in [1.807, 2.05) is 61.5 Å². The number of H-pyrrole nitrogens is 1. The van der Waals surface area contributed by atoms with E-state index >= 15 is 0 Å². The highest BCUT2D eigenvalue weighted by Gasteiger charge is 2.21. The summed E-state index contributed by atoms with van der Waals surface area (Å²) in [4.78, 5) is 28.0. The fourth-order valence-electron chi connectivity index (χ4n) is 5.09. The third kappa shape index (κ3) is 5.47. The summed E-state index contributed by atoms with van der Waals surface area (Å²) in [5.74, 6) is 0.168. The lowest BCUT2D eigenvalue weighted by Crippen LogP contribution is -2.09. The summed E-state index contributed by atoms with van der Waals surface area (Å²) in [7, 11) is 0. The number of esters is 1. The number of ether oxygens (including phenoxy) is 2. The molecule has 0 aliphatic heterocycles. The van der Waals surface area contributed by atoms with Gasteiger partial charge in [-0.25, -0.2) is 4.79 Å². The first kappa shape index (κ1) is 26.8. The molecule has 40 heavy (non-hydrogen) atoms. The van der Waals surface area contributed by atoms with Gasteiger partial charge in [0.05, 0.1) is 18.7 Å². The Morgan fingerprint density at radius 2 is 1.75 bits per heavy atom. The van der Waals surface area contributed by atoms with Gasteiger partial charge in [-0.15, -0.1) is 0 Å². The Balaban J connectivity index is 1.38. The zero-order valence-corrected chi connectivity index (χ0v) is 22.8. The van der Waals surface area contributed by atoms with Crippen molar-refractivity contribution in [3.8, 4) is 16.9 Å². The van der Waals surface area contributed by atoms with E-state index < -0.39 is 0 Å². The Morgan fingerprint density at radius 1 is 0.950 bits per heavy atom. The average molecular weight is 533 g/mol. The van der Waals surface area contributed by atoms with Gasteiger partial charge in [0.15, 0.2) is 0 Å². The second kappa shape index (κ2) is 11.9. The first-order valence-electron chi connectivity index (χ1n) is 13.5. The van der Waals surface area contributed by atoms with Crippen molar-refractivity contribution in [3.05, 3.63) is 108 Å². The van der Waals surface area contributed by atoms with Crippen LogP contribution in [0.3, 0.4) is 0 Å². The molecule has 0 fully saturated rings. The van der Waals surface area contributed by atoms with Crippen LogP contribution in [0.4, 0.5) is 5.69 Å². The molecule has 1 heterocycles. The highest BCUT2D eigenvalue weighted by Crippen LogP contribution is 2.34. The second-order valence-electron chi connectivity index (χ2n) is 9.58. The van der Waals surface area contributed by atoms with Crippen molar-refractivity contribution in [3.63, 3.8) is 0 Å². The largest absolute Gasteiger partial charge is 0.493 e. The number of amides is 1. The van der Waals surface area contributed by atoms with Crippen molar-refractivity contribution in [2.45, 2.75) is 26.7 Å². The molecule has 0 radical (unpaired) electrons. The standard InChI is InChI=1S/C34H32N2O4/c1-4-31(37)35-24-18-19-26-23(21-24)12-8-17-30(26)40-20-10-16-29-28-15-9-14-27(25-13-7-6-11-22(25)3)32(28)36-33(29)34(38)39-5-2/h4,6-9,11-15,17-19,21,36H,1,5,10,16,20H2,2-3H3,(H,35,37). The van der Waals surface area contributed by atoms with Crippen molar-refractivity contribution in [2.24, 2.45) is 0 Å². The number of hydrogen-bond donors (Lipinski definition) is 2. The van der Waals surface area contributed by atoms with Gasteiger partial charge in [0.25, 0.3) is 0 Å². The fourth-order valence-corrected chi connectivity index (χ4v) is 5.09. The number of para-hydroxylation sites is 1. The monoisotopic (exact) mass is 532 g/mol. The topological polar surface area (TPSA) is 80.4 Å². The normalized spacial score (nSPS) is 10.9. The van der Waals surface area contributed by atoms with Crippen molar-refractivity contribution in [2.75, 3.05) is 18.5 Å². The number of carbonyl (C=O) groups excluding carboxylic acids is 2. The Kier molecular flexibility index (Phi) is 7.97. The van der Waals surface area contributed by atoms with Gasteiger partial charge in [0.1, 0.15) is 11.4 Å². The van der Waals surface area contributed by atoms with Crippen LogP contribution in [0.25, 0.3) is 32.8 Å². The molecule has 0 spiro atoms. The van der Waals surface area contributed by atoms with E-state index in [0.29, 0.717) is 37.4 Å². The van der Waals surface area contributed by atoms with Gasteiger partial charge in [0.2, 0.25) is 5.91 Å². The third-order valence-electron chi connectivity index (χ3n) is 6.98. The summed E-state index contributed by atoms with van der Waals surface area (Å²) >= 11 is 0. The summed E-state index contributed by atoms with van der Waals surface area (Å²) in [5.41, 5.74) is 6.42. The van der Waals surface area contributed by atoms with Gasteiger partial charge in [0, 0.05) is 22.0 Å². The second-order valence-corrected chi connectivity index (χ2v) is 9.58. The molecule has 6 nitrogen and oxygen atoms in total. The number of benzene rings is 4. The minimum atomic E-state index is -0.348. The number of fused-ring (bicyclic) bond motifs is 2. The molecule has 5 aromatic rings. The molecule has 0 saturated carbocycles. The average Bonchev–Trinajstić information content (AvgIpc) is 3.34. The molecule has 5 rings (SSSR count). The van der Waals surface area contributed by atoms with E-state index in [2.05, 4.69) is 48.1 Å². The zero-order chi connectivity index (χ0) is 28.1. The van der Waals surface area contributed by atoms with Crippen molar-refractivity contribution >= 4 is 39.2 Å². The highest BCUT2D eigenvalue weighted by molar-refractivity contribution is 6.04. The van der Waals surface area contributed by atoms with Gasteiger partial charge in [-0.1, -0.05) is 61.2 Å². The van der Waals surface area contributed by atoms with Gasteiger partial charge in [-0.05, 0) is 79.1 Å². The lowest BCUT2D eigenvalue weighted by atomic mass is 9.97. The lowest BCUT2D eigenvalue weighted by Gasteiger charge is -2.11. The van der Waals surface area contributed by atoms with Crippen LogP contribution in [0.2, 0.25) is 0 Å². The maximum absolute atomic E-state index is 12.9. The molecule has 0 unspecified atom stereocenters. The van der Waals surface area contributed by atoms with Crippen molar-refractivity contribution in [1.82, 2.24) is 4.98 Å². The van der Waals surface area contributed by atoms with Crippen molar-refractivity contribution < 1.29 is 19.1 Å². The molecule has 0 aliphatic rings. The molecule has 0 aliphatic carbocycles. The first-order chi connectivity index (χ1) is 19.5. The van der Waals surface area contributed by atoms with Gasteiger partial charge >= 0.3 is 5.97 Å². The quantitative estimate of drug-likeness (QED) is 0.110. The summed E-state index contributed by atoms with van der Waals surface area (Å²) < 4.78 is 11.6. The van der Waals surface area contributed by atoms with E-state index in [0.717, 1.165) is 44.1 Å². The minimum Gasteiger partial charge on any atom is -0.493 e. The molecule has 1 amide bonds. The Hall–Kier alpha value is -4.84. The lowest BCUT2D eigenvalue weighted by molar-refractivity contribution is -0.111. The van der Waals surface area contributed by atoms with Crippen LogP contribution in [-0.4, -0.2) is 30.1 Å². The van der Waals surface area contributed by atoms with Crippen LogP contribution < -0.4 is 10.1 Å². The maximum Gasteiger partial charge on any atom is 0.355 e. The van der Waals surface area contributed by atoms with E-state index in [-0.39, 0.29) is 11.9 Å². The summed E-state index contributed by atoms with van der Waals surface area (Å²) in [6, 6.07) is 26.0. The molecule has 0 saturated heterocycles. The fraction of sp³-hybridized carbons (Fsp3) is 0.176. The number of hydrogen-bond acceptors (Lipinski definition) is 4. The van der Waals surface area contributed by atoms with Crippen molar-refractivity contribution in [1.29, 1.82) is 0 Å². The van der Waals surface area contributed by atoms with Crippen LogP contribution >= 0.6 is 0 Å². The number of aryl methyl sites for hydroxylation is 2. The number of anilines is 1. The highest BCUT2D eigenvalue weighted by atomic mass is 16.5. The minimum absolute atomic E-state index is 0.253. The SMILES string of the molecule is C=CC(=O)Nc1ccc2c(OCCCc3c(C(=O)OCC)[nH]c4c(-c5ccccc5C)cccc34)cccc2c1. The number of rotatable bonds is 10. The molecule has 1 aromatic heterocycles. The molecule has 202 valence electrons. The van der Waals surface area contributed by atoms with E-state index in [1.54, 1.807) is 0 Å². The number of aromatic amines is 1. The predicted molar refractivity (Wildman–Crippen MR) is 161 cm³/mol. The third-order valence-corrected chi connectivity index (χ3v) is 6.98. The maximum atomic E-state index is 12.9. The van der Waals surface area contributed by atoms with Gasteiger partial charge < -0.3 is 19.8 Å². The Bertz CT molecular complexity index is 1720. The van der Waals surface area contributed by atoms with Crippen LogP contribution in [0.1, 0.15) is 35.0 Å². The zero-order valence-electron chi connectivity index (χ0n) is 22.8. The molecular weight excluding hydrogens is 500 g/mol. The summed E-state index contributed by atoms with van der Waals surface area (Å²) in [5, 5.41) is 5.73. The Morgan fingerprint density at radius 3 is 2.55 bits per heavy atom. The molecule has 4 aromatic carbocycles. The van der Waals surface area contributed by atoms with Crippen LogP contribution in [-0.2, 0) is 16.0 Å². The molecular formula is C34H32N2O4. The molecule has 2 N–H and O–H groups in total. The Labute approximate surface area is 233 Å². The number of nitrogens with one attached hydrogen (secondary N) is 2. The van der Waals surface area contributed by atoms with Crippen LogP contribution in [0, 0.1) is 6.92 Å². The molecule has 6 heteroatoms. The van der Waals surface area contributed by atoms with E-state index in [1.165, 1.54) is 11.6 Å². The van der Waals surface area contributed by atoms with Crippen LogP contribution in [0.15, 0.2) is 91.5 Å². The van der Waals surface area contributed by atoms with Gasteiger partial charge in [-0.3, -0.25) is 4.79 Å². The molecule has 0 bridgehead atoms. The summed E-state index contributed by atoms with van der Waals surface area (Å²) in [6.07, 6.45) is 2.60. The van der Waals surface area contributed by atoms with Crippen LogP contribution in [0.5, 0.6) is 5.75 Å². The van der Waals surface area contributed by atoms with E-state index in [4.69, 9.17) is 9.47 Å². The summed E-state index contributed by atoms with van der Waals surface area (Å²) in [6.45, 7) is 8.18. The first-order valence-corrected chi connectivity index (χ1v) is 13.5. The van der Waals surface area contributed by atoms with Gasteiger partial charge in [-0.2, -0.15) is 0 Å². The predicted octanol–water partition coefficient (Wildman–Crippen LogP) is 7.61. The number of carbonyl (C=O) groups is 2.